The van der Waals surface area contributed by atoms with Crippen LogP contribution in [0.4, 0.5) is 5.69 Å². The van der Waals surface area contributed by atoms with Crippen molar-refractivity contribution in [3.8, 4) is 0 Å². The Balaban J connectivity index is 2.05. The number of nitrogens with zero attached hydrogens (tertiary/aromatic N) is 1. The Kier molecular flexibility index (Phi) is 2.63. The van der Waals surface area contributed by atoms with E-state index >= 15 is 0 Å². The zero-order valence-electron chi connectivity index (χ0n) is 7.78. The van der Waals surface area contributed by atoms with Crippen molar-refractivity contribution in [1.29, 1.82) is 0 Å². The van der Waals surface area contributed by atoms with Crippen LogP contribution in [-0.4, -0.2) is 29.2 Å². The van der Waals surface area contributed by atoms with Gasteiger partial charge in [0, 0.05) is 30.3 Å². The molecule has 0 aromatic heterocycles. The Morgan fingerprint density at radius 1 is 1.50 bits per heavy atom. The highest BCUT2D eigenvalue weighted by Crippen LogP contribution is 2.22. The fourth-order valence-electron chi connectivity index (χ4n) is 1.63. The Bertz CT molecular complexity index is 337. The van der Waals surface area contributed by atoms with Crippen LogP contribution in [0, 0.1) is 0 Å². The zero-order valence-corrected chi connectivity index (χ0v) is 8.54. The predicted molar refractivity (Wildman–Crippen MR) is 57.1 cm³/mol. The fourth-order valence-corrected chi connectivity index (χ4v) is 1.81. The number of nitrogen functional groups attached to an aromatic ring is 1. The lowest BCUT2D eigenvalue weighted by atomic mass is 10.1. The first-order chi connectivity index (χ1) is 6.65. The van der Waals surface area contributed by atoms with Crippen molar-refractivity contribution in [1.82, 2.24) is 4.90 Å². The molecule has 1 heterocycles. The third kappa shape index (κ3) is 2.00. The molecule has 0 saturated carbocycles. The number of nitrogens with two attached hydrogens (primary N) is 1. The number of β-amino-alcohol motifs (C(OH)–C–C–N with tert-alkyl or cyclic N) is 1. The number of hydrogen-bond acceptors (Lipinski definition) is 3. The van der Waals surface area contributed by atoms with Crippen LogP contribution in [0.1, 0.15) is 5.56 Å². The second-order valence-electron chi connectivity index (χ2n) is 3.70. The molecule has 1 aromatic rings. The molecule has 0 spiro atoms. The van der Waals surface area contributed by atoms with E-state index in [0.29, 0.717) is 0 Å². The average Bonchev–Trinajstić information content (AvgIpc) is 2.09. The molecular weight excluding hydrogens is 200 g/mol. The van der Waals surface area contributed by atoms with E-state index in [1.807, 2.05) is 12.1 Å². The summed E-state index contributed by atoms with van der Waals surface area (Å²) in [6.45, 7) is 2.22. The summed E-state index contributed by atoms with van der Waals surface area (Å²) in [5.74, 6) is 0. The molecule has 14 heavy (non-hydrogen) atoms. The normalized spacial score (nSPS) is 18.1. The third-order valence-corrected chi connectivity index (χ3v) is 2.77. The van der Waals surface area contributed by atoms with Crippen LogP contribution in [-0.2, 0) is 6.54 Å². The smallest absolute Gasteiger partial charge is 0.0794 e. The number of rotatable bonds is 2. The van der Waals surface area contributed by atoms with Crippen LogP contribution in [0.2, 0.25) is 5.02 Å². The van der Waals surface area contributed by atoms with Gasteiger partial charge in [0.2, 0.25) is 0 Å². The van der Waals surface area contributed by atoms with E-state index in [2.05, 4.69) is 4.90 Å². The molecule has 1 aliphatic heterocycles. The van der Waals surface area contributed by atoms with Crippen molar-refractivity contribution in [2.75, 3.05) is 18.8 Å². The Hall–Kier alpha value is -0.770. The molecule has 0 bridgehead atoms. The average molecular weight is 213 g/mol. The Morgan fingerprint density at radius 3 is 2.86 bits per heavy atom. The van der Waals surface area contributed by atoms with E-state index in [4.69, 9.17) is 22.4 Å². The van der Waals surface area contributed by atoms with Gasteiger partial charge in [-0.1, -0.05) is 11.6 Å². The van der Waals surface area contributed by atoms with Crippen LogP contribution in [0.3, 0.4) is 0 Å². The van der Waals surface area contributed by atoms with Gasteiger partial charge in [0.05, 0.1) is 6.10 Å². The first kappa shape index (κ1) is 9.77. The van der Waals surface area contributed by atoms with Gasteiger partial charge in [-0.15, -0.1) is 0 Å². The molecular formula is C10H13ClN2O. The number of benzene rings is 1. The molecule has 76 valence electrons. The van der Waals surface area contributed by atoms with Gasteiger partial charge in [0.25, 0.3) is 0 Å². The van der Waals surface area contributed by atoms with Crippen LogP contribution in [0.25, 0.3) is 0 Å². The Morgan fingerprint density at radius 2 is 2.21 bits per heavy atom. The van der Waals surface area contributed by atoms with Gasteiger partial charge in [0.15, 0.2) is 0 Å². The molecule has 0 unspecified atom stereocenters. The number of likely N-dealkylation sites (tertiary alicyclic amines) is 1. The summed E-state index contributed by atoms with van der Waals surface area (Å²) in [5.41, 5.74) is 7.42. The van der Waals surface area contributed by atoms with Gasteiger partial charge in [-0.25, -0.2) is 0 Å². The summed E-state index contributed by atoms with van der Waals surface area (Å²) >= 11 is 6.01. The lowest BCUT2D eigenvalue weighted by Crippen LogP contribution is -2.49. The summed E-state index contributed by atoms with van der Waals surface area (Å²) in [6, 6.07) is 5.48. The molecule has 3 nitrogen and oxygen atoms in total. The first-order valence-electron chi connectivity index (χ1n) is 4.59. The molecule has 1 aliphatic rings. The second kappa shape index (κ2) is 3.77. The number of hydrogen-bond donors (Lipinski definition) is 2. The van der Waals surface area contributed by atoms with Crippen molar-refractivity contribution in [3.63, 3.8) is 0 Å². The molecule has 4 heteroatoms. The van der Waals surface area contributed by atoms with Crippen molar-refractivity contribution in [3.05, 3.63) is 28.8 Å². The first-order valence-corrected chi connectivity index (χ1v) is 4.97. The maximum Gasteiger partial charge on any atom is 0.0794 e. The van der Waals surface area contributed by atoms with Gasteiger partial charge in [-0.3, -0.25) is 4.90 Å². The molecule has 1 aromatic carbocycles. The van der Waals surface area contributed by atoms with Crippen LogP contribution < -0.4 is 5.73 Å². The fraction of sp³-hybridized carbons (Fsp3) is 0.400. The van der Waals surface area contributed by atoms with E-state index in [-0.39, 0.29) is 6.10 Å². The molecule has 0 amide bonds. The van der Waals surface area contributed by atoms with Gasteiger partial charge in [0.1, 0.15) is 0 Å². The number of aliphatic hydroxyl groups excluding tert-OH is 1. The Labute approximate surface area is 88.1 Å². The van der Waals surface area contributed by atoms with Crippen LogP contribution >= 0.6 is 11.6 Å². The van der Waals surface area contributed by atoms with Gasteiger partial charge in [-0.05, 0) is 23.8 Å². The molecule has 2 rings (SSSR count). The summed E-state index contributed by atoms with van der Waals surface area (Å²) < 4.78 is 0. The molecule has 0 radical (unpaired) electrons. The SMILES string of the molecule is Nc1ccc(Cl)c(CN2CC(O)C2)c1. The monoisotopic (exact) mass is 212 g/mol. The quantitative estimate of drug-likeness (QED) is 0.722. The lowest BCUT2D eigenvalue weighted by Gasteiger charge is -2.36. The number of halogens is 1. The maximum absolute atomic E-state index is 9.12. The molecule has 1 fully saturated rings. The molecule has 0 aliphatic carbocycles. The van der Waals surface area contributed by atoms with Crippen molar-refractivity contribution in [2.24, 2.45) is 0 Å². The predicted octanol–water partition coefficient (Wildman–Crippen LogP) is 1.10. The van der Waals surface area contributed by atoms with Crippen molar-refractivity contribution < 1.29 is 5.11 Å². The van der Waals surface area contributed by atoms with E-state index in [9.17, 15) is 0 Å². The largest absolute Gasteiger partial charge is 0.399 e. The topological polar surface area (TPSA) is 49.5 Å². The number of anilines is 1. The second-order valence-corrected chi connectivity index (χ2v) is 4.11. The number of aliphatic hydroxyl groups is 1. The highest BCUT2D eigenvalue weighted by atomic mass is 35.5. The van der Waals surface area contributed by atoms with Gasteiger partial charge < -0.3 is 10.8 Å². The lowest BCUT2D eigenvalue weighted by molar-refractivity contribution is -0.00283. The van der Waals surface area contributed by atoms with Crippen LogP contribution in [0.5, 0.6) is 0 Å². The minimum absolute atomic E-state index is 0.171. The highest BCUT2D eigenvalue weighted by molar-refractivity contribution is 6.31. The highest BCUT2D eigenvalue weighted by Gasteiger charge is 2.24. The zero-order chi connectivity index (χ0) is 10.1. The maximum atomic E-state index is 9.12. The van der Waals surface area contributed by atoms with Crippen molar-refractivity contribution >= 4 is 17.3 Å². The molecule has 1 saturated heterocycles. The van der Waals surface area contributed by atoms with Crippen LogP contribution in [0.15, 0.2) is 18.2 Å². The minimum atomic E-state index is -0.171. The van der Waals surface area contributed by atoms with Gasteiger partial charge in [-0.2, -0.15) is 0 Å². The summed E-state index contributed by atoms with van der Waals surface area (Å²) in [4.78, 5) is 2.13. The minimum Gasteiger partial charge on any atom is -0.399 e. The van der Waals surface area contributed by atoms with E-state index in [0.717, 1.165) is 35.9 Å². The van der Waals surface area contributed by atoms with Crippen molar-refractivity contribution in [2.45, 2.75) is 12.6 Å². The van der Waals surface area contributed by atoms with E-state index in [1.165, 1.54) is 0 Å². The summed E-state index contributed by atoms with van der Waals surface area (Å²) in [7, 11) is 0. The van der Waals surface area contributed by atoms with Gasteiger partial charge >= 0.3 is 0 Å². The summed E-state index contributed by atoms with van der Waals surface area (Å²) in [5, 5.41) is 9.86. The van der Waals surface area contributed by atoms with E-state index in [1.54, 1.807) is 6.07 Å². The summed E-state index contributed by atoms with van der Waals surface area (Å²) in [6.07, 6.45) is -0.171. The standard InChI is InChI=1S/C10H13ClN2O/c11-10-2-1-8(12)3-7(10)4-13-5-9(14)6-13/h1-3,9,14H,4-6,12H2. The third-order valence-electron chi connectivity index (χ3n) is 2.40. The molecule has 3 N–H and O–H groups in total. The molecule has 0 atom stereocenters. The van der Waals surface area contributed by atoms with E-state index < -0.39 is 0 Å².